The Morgan fingerprint density at radius 1 is 0.258 bits per heavy atom. The summed E-state index contributed by atoms with van der Waals surface area (Å²) in [5, 5.41) is 10.0. The molecule has 1 heteroatoms. The monoisotopic (exact) mass is 835 g/mol. The molecule has 0 atom stereocenters. The van der Waals surface area contributed by atoms with Crippen LogP contribution < -0.4 is 4.90 Å². The van der Waals surface area contributed by atoms with Crippen LogP contribution in [-0.2, 0) is 5.41 Å². The summed E-state index contributed by atoms with van der Waals surface area (Å²) in [5.41, 5.74) is 18.0. The van der Waals surface area contributed by atoms with Crippen molar-refractivity contribution in [2.75, 3.05) is 4.90 Å². The fraction of sp³-hybridized carbons (Fsp3) is 0.0154. The summed E-state index contributed by atoms with van der Waals surface area (Å²) < 4.78 is 0. The topological polar surface area (TPSA) is 3.24 Å². The van der Waals surface area contributed by atoms with E-state index in [0.717, 1.165) is 5.69 Å². The van der Waals surface area contributed by atoms with E-state index in [1.807, 2.05) is 0 Å². The number of anilines is 3. The van der Waals surface area contributed by atoms with Gasteiger partial charge in [0.15, 0.2) is 0 Å². The van der Waals surface area contributed by atoms with E-state index >= 15 is 0 Å². The fourth-order valence-corrected chi connectivity index (χ4v) is 11.8. The van der Waals surface area contributed by atoms with Crippen molar-refractivity contribution < 1.29 is 0 Å². The molecule has 1 spiro atoms. The molecule has 0 unspecified atom stereocenters. The first-order chi connectivity index (χ1) is 32.7. The molecule has 1 nitrogen and oxygen atoms in total. The molecule has 2 aliphatic rings. The van der Waals surface area contributed by atoms with Crippen molar-refractivity contribution in [3.63, 3.8) is 0 Å². The predicted molar refractivity (Wildman–Crippen MR) is 278 cm³/mol. The minimum Gasteiger partial charge on any atom is -0.310 e. The zero-order valence-electron chi connectivity index (χ0n) is 36.1. The Morgan fingerprint density at radius 3 is 1.15 bits per heavy atom. The van der Waals surface area contributed by atoms with Gasteiger partial charge in [0.1, 0.15) is 0 Å². The molecule has 0 bridgehead atoms. The summed E-state index contributed by atoms with van der Waals surface area (Å²) in [5.74, 6) is 0. The molecule has 12 aromatic carbocycles. The Balaban J connectivity index is 1.09. The first-order valence-electron chi connectivity index (χ1n) is 23.0. The van der Waals surface area contributed by atoms with Crippen LogP contribution in [0.25, 0.3) is 87.6 Å². The van der Waals surface area contributed by atoms with Crippen molar-refractivity contribution in [2.24, 2.45) is 0 Å². The number of rotatable bonds is 4. The van der Waals surface area contributed by atoms with Crippen LogP contribution in [0.4, 0.5) is 17.1 Å². The van der Waals surface area contributed by atoms with Crippen LogP contribution in [-0.4, -0.2) is 0 Å². The number of fused-ring (bicyclic) bond motifs is 13. The summed E-state index contributed by atoms with van der Waals surface area (Å²) in [6.45, 7) is 0. The highest BCUT2D eigenvalue weighted by atomic mass is 15.2. The first-order valence-corrected chi connectivity index (χ1v) is 23.0. The quantitative estimate of drug-likeness (QED) is 0.160. The Labute approximate surface area is 384 Å². The summed E-state index contributed by atoms with van der Waals surface area (Å²) >= 11 is 0. The third kappa shape index (κ3) is 5.23. The van der Waals surface area contributed by atoms with Gasteiger partial charge in [0.05, 0.1) is 16.8 Å². The SMILES string of the molecule is c1ccc(-c2cccc(N3c4ccccc4C4(c5cc(-c6c7ccccc7cc7ccccc67)ccc5-c5ccc(-c6c7ccccc7cc7ccccc67)cc54)c4ccccc43)c2)cc1. The number of nitrogens with zero attached hydrogens (tertiary/aromatic N) is 1. The third-order valence-electron chi connectivity index (χ3n) is 14.6. The van der Waals surface area contributed by atoms with E-state index < -0.39 is 5.41 Å². The zero-order chi connectivity index (χ0) is 43.3. The van der Waals surface area contributed by atoms with Gasteiger partial charge in [-0.3, -0.25) is 0 Å². The molecule has 0 saturated carbocycles. The van der Waals surface area contributed by atoms with Crippen molar-refractivity contribution in [3.05, 3.63) is 271 Å². The maximum Gasteiger partial charge on any atom is 0.0754 e. The predicted octanol–water partition coefficient (Wildman–Crippen LogP) is 17.4. The van der Waals surface area contributed by atoms with Gasteiger partial charge in [-0.2, -0.15) is 0 Å². The van der Waals surface area contributed by atoms with Crippen LogP contribution in [0.3, 0.4) is 0 Å². The van der Waals surface area contributed by atoms with Gasteiger partial charge < -0.3 is 4.90 Å². The van der Waals surface area contributed by atoms with Crippen molar-refractivity contribution in [2.45, 2.75) is 5.41 Å². The van der Waals surface area contributed by atoms with Gasteiger partial charge in [-0.1, -0.05) is 200 Å². The van der Waals surface area contributed by atoms with Crippen LogP contribution in [0.1, 0.15) is 22.3 Å². The summed E-state index contributed by atoms with van der Waals surface area (Å²) in [6.07, 6.45) is 0. The fourth-order valence-electron chi connectivity index (χ4n) is 11.8. The van der Waals surface area contributed by atoms with Gasteiger partial charge >= 0.3 is 0 Å². The molecule has 0 saturated heterocycles. The molecule has 0 aromatic heterocycles. The van der Waals surface area contributed by atoms with E-state index in [0.29, 0.717) is 0 Å². The maximum atomic E-state index is 2.55. The molecule has 14 rings (SSSR count). The Morgan fingerprint density at radius 2 is 0.667 bits per heavy atom. The molecule has 1 aliphatic carbocycles. The minimum absolute atomic E-state index is 0.655. The highest BCUT2D eigenvalue weighted by Gasteiger charge is 2.52. The molecular weight excluding hydrogens is 795 g/mol. The number of para-hydroxylation sites is 2. The van der Waals surface area contributed by atoms with Gasteiger partial charge in [0.25, 0.3) is 0 Å². The second-order valence-corrected chi connectivity index (χ2v) is 17.9. The standard InChI is InChI=1S/C65H41N/c1-2-17-42(18-3-1)43-23-16-24-50(39-43)66-61-31-14-12-29-57(61)65(58-30-13-15-32-62(58)66)59-40-48(63-51-25-8-4-19-44(51)37-45-20-5-9-26-52(45)63)33-35-55(59)56-36-34-49(41-60(56)65)64-53-27-10-6-21-46(53)38-47-22-7-11-28-54(47)64/h1-41H. The molecule has 0 amide bonds. The van der Waals surface area contributed by atoms with Crippen molar-refractivity contribution in [3.8, 4) is 44.5 Å². The third-order valence-corrected chi connectivity index (χ3v) is 14.6. The lowest BCUT2D eigenvalue weighted by molar-refractivity contribution is 0.753. The van der Waals surface area contributed by atoms with E-state index in [-0.39, 0.29) is 0 Å². The molecular formula is C65H41N. The average molecular weight is 836 g/mol. The van der Waals surface area contributed by atoms with Gasteiger partial charge in [-0.15, -0.1) is 0 Å². The van der Waals surface area contributed by atoms with E-state index in [4.69, 9.17) is 0 Å². The molecule has 0 N–H and O–H groups in total. The second-order valence-electron chi connectivity index (χ2n) is 17.9. The number of benzene rings is 12. The molecule has 66 heavy (non-hydrogen) atoms. The van der Waals surface area contributed by atoms with Crippen molar-refractivity contribution in [1.29, 1.82) is 0 Å². The van der Waals surface area contributed by atoms with Crippen LogP contribution in [0.15, 0.2) is 249 Å². The zero-order valence-corrected chi connectivity index (χ0v) is 36.1. The van der Waals surface area contributed by atoms with Crippen LogP contribution in [0.2, 0.25) is 0 Å². The number of hydrogen-bond donors (Lipinski definition) is 0. The first kappa shape index (κ1) is 36.9. The van der Waals surface area contributed by atoms with Gasteiger partial charge in [0.2, 0.25) is 0 Å². The van der Waals surface area contributed by atoms with E-state index in [1.54, 1.807) is 0 Å². The van der Waals surface area contributed by atoms with Crippen LogP contribution >= 0.6 is 0 Å². The van der Waals surface area contributed by atoms with Crippen molar-refractivity contribution in [1.82, 2.24) is 0 Å². The Kier molecular flexibility index (Phi) is 7.97. The van der Waals surface area contributed by atoms with Crippen LogP contribution in [0, 0.1) is 0 Å². The van der Waals surface area contributed by atoms with Gasteiger partial charge in [-0.25, -0.2) is 0 Å². The van der Waals surface area contributed by atoms with Crippen molar-refractivity contribution >= 4 is 60.2 Å². The number of hydrogen-bond acceptors (Lipinski definition) is 1. The molecule has 1 aliphatic heterocycles. The van der Waals surface area contributed by atoms with Crippen LogP contribution in [0.5, 0.6) is 0 Å². The normalized spacial score (nSPS) is 13.2. The lowest BCUT2D eigenvalue weighted by atomic mass is 9.64. The Bertz CT molecular complexity index is 3630. The lowest BCUT2D eigenvalue weighted by Crippen LogP contribution is -2.36. The van der Waals surface area contributed by atoms with E-state index in [9.17, 15) is 0 Å². The second kappa shape index (κ2) is 14.2. The minimum atomic E-state index is -0.655. The van der Waals surface area contributed by atoms with Gasteiger partial charge in [-0.05, 0) is 158 Å². The van der Waals surface area contributed by atoms with E-state index in [1.165, 1.54) is 121 Å². The maximum absolute atomic E-state index is 2.55. The summed E-state index contributed by atoms with van der Waals surface area (Å²) in [6, 6.07) is 93.1. The highest BCUT2D eigenvalue weighted by Crippen LogP contribution is 2.64. The Hall–Kier alpha value is -8.52. The summed E-state index contributed by atoms with van der Waals surface area (Å²) in [4.78, 5) is 2.50. The van der Waals surface area contributed by atoms with Gasteiger partial charge in [0, 0.05) is 5.69 Å². The van der Waals surface area contributed by atoms with E-state index in [2.05, 4.69) is 254 Å². The molecule has 306 valence electrons. The largest absolute Gasteiger partial charge is 0.310 e. The highest BCUT2D eigenvalue weighted by molar-refractivity contribution is 6.15. The molecule has 12 aromatic rings. The molecule has 0 fully saturated rings. The molecule has 1 heterocycles. The lowest BCUT2D eigenvalue weighted by Gasteiger charge is -2.45. The smallest absolute Gasteiger partial charge is 0.0754 e. The summed E-state index contributed by atoms with van der Waals surface area (Å²) in [7, 11) is 0. The average Bonchev–Trinajstić information content (AvgIpc) is 3.66. The molecule has 0 radical (unpaired) electrons.